The van der Waals surface area contributed by atoms with Crippen LogP contribution in [0.4, 0.5) is 5.69 Å². The minimum absolute atomic E-state index is 0.0845. The number of aryl methyl sites for hydroxylation is 2. The van der Waals surface area contributed by atoms with Crippen LogP contribution in [0.15, 0.2) is 23.1 Å². The summed E-state index contributed by atoms with van der Waals surface area (Å²) in [5.74, 6) is -0.000931. The highest BCUT2D eigenvalue weighted by atomic mass is 32.2. The molecule has 1 N–H and O–H groups in total. The van der Waals surface area contributed by atoms with Crippen LogP contribution in [0.1, 0.15) is 40.1 Å². The Labute approximate surface area is 163 Å². The Kier molecular flexibility index (Phi) is 5.83. The minimum Gasteiger partial charge on any atom is -0.492 e. The third-order valence-corrected chi connectivity index (χ3v) is 7.29. The first-order valence-corrected chi connectivity index (χ1v) is 11.1. The summed E-state index contributed by atoms with van der Waals surface area (Å²) in [6, 6.07) is 4.71. The van der Waals surface area contributed by atoms with Crippen LogP contribution in [0.2, 0.25) is 0 Å². The molecule has 1 saturated heterocycles. The summed E-state index contributed by atoms with van der Waals surface area (Å²) < 4.78 is 33.0. The first-order valence-electron chi connectivity index (χ1n) is 8.85. The number of nitrogens with zero attached hydrogens (tertiary/aromatic N) is 2. The molecule has 2 aromatic rings. The van der Waals surface area contributed by atoms with Crippen LogP contribution in [0, 0.1) is 13.8 Å². The summed E-state index contributed by atoms with van der Waals surface area (Å²) in [4.78, 5) is 17.4. The fraction of sp³-hybridized carbons (Fsp3) is 0.444. The molecular weight excluding hydrogens is 386 g/mol. The molecule has 1 fully saturated rings. The van der Waals surface area contributed by atoms with Crippen LogP contribution in [0.3, 0.4) is 0 Å². The molecule has 3 rings (SSSR count). The van der Waals surface area contributed by atoms with Crippen LogP contribution in [-0.4, -0.2) is 43.3 Å². The van der Waals surface area contributed by atoms with Gasteiger partial charge in [-0.2, -0.15) is 4.31 Å². The van der Waals surface area contributed by atoms with E-state index in [2.05, 4.69) is 10.3 Å². The molecule has 0 aliphatic carbocycles. The molecule has 1 amide bonds. The maximum atomic E-state index is 13.0. The topological polar surface area (TPSA) is 88.6 Å². The molecule has 0 unspecified atom stereocenters. The molecule has 1 aliphatic heterocycles. The van der Waals surface area contributed by atoms with E-state index in [1.165, 1.54) is 21.7 Å². The van der Waals surface area contributed by atoms with E-state index in [1.807, 2.05) is 6.92 Å². The largest absolute Gasteiger partial charge is 0.492 e. The van der Waals surface area contributed by atoms with Crippen molar-refractivity contribution in [3.05, 3.63) is 33.8 Å². The van der Waals surface area contributed by atoms with Crippen LogP contribution < -0.4 is 10.1 Å². The number of aromatic nitrogens is 1. The van der Waals surface area contributed by atoms with Crippen molar-refractivity contribution in [3.63, 3.8) is 0 Å². The van der Waals surface area contributed by atoms with Gasteiger partial charge in [0.1, 0.15) is 15.5 Å². The summed E-state index contributed by atoms with van der Waals surface area (Å²) in [6.45, 7) is 6.78. The molecule has 146 valence electrons. The molecule has 0 atom stereocenters. The van der Waals surface area contributed by atoms with Gasteiger partial charge in [0, 0.05) is 18.8 Å². The van der Waals surface area contributed by atoms with E-state index < -0.39 is 10.0 Å². The lowest BCUT2D eigenvalue weighted by Gasteiger charge is -2.19. The highest BCUT2D eigenvalue weighted by Gasteiger charge is 2.30. The molecule has 0 radical (unpaired) electrons. The molecule has 0 spiro atoms. The Morgan fingerprint density at radius 2 is 2.00 bits per heavy atom. The lowest BCUT2D eigenvalue weighted by atomic mass is 10.3. The second kappa shape index (κ2) is 7.95. The quantitative estimate of drug-likeness (QED) is 0.791. The molecule has 27 heavy (non-hydrogen) atoms. The monoisotopic (exact) mass is 409 g/mol. The van der Waals surface area contributed by atoms with Crippen molar-refractivity contribution in [1.82, 2.24) is 9.29 Å². The van der Waals surface area contributed by atoms with E-state index in [0.29, 0.717) is 41.7 Å². The molecule has 2 heterocycles. The van der Waals surface area contributed by atoms with Crippen molar-refractivity contribution < 1.29 is 17.9 Å². The lowest BCUT2D eigenvalue weighted by molar-refractivity contribution is 0.102. The molecule has 0 saturated carbocycles. The van der Waals surface area contributed by atoms with Gasteiger partial charge in [0.2, 0.25) is 10.0 Å². The van der Waals surface area contributed by atoms with E-state index in [0.717, 1.165) is 17.8 Å². The third-order valence-electron chi connectivity index (χ3n) is 4.29. The van der Waals surface area contributed by atoms with Crippen molar-refractivity contribution in [1.29, 1.82) is 0 Å². The number of nitrogens with one attached hydrogen (secondary N) is 1. The SMILES string of the molecule is CCOc1ccc(NC(=O)c2sc(C)nc2C)cc1S(=O)(=O)N1CCCC1. The fourth-order valence-electron chi connectivity index (χ4n) is 3.06. The van der Waals surface area contributed by atoms with Crippen LogP contribution >= 0.6 is 11.3 Å². The molecule has 7 nitrogen and oxygen atoms in total. The Morgan fingerprint density at radius 1 is 1.30 bits per heavy atom. The number of ether oxygens (including phenoxy) is 1. The molecule has 1 aromatic heterocycles. The van der Waals surface area contributed by atoms with Gasteiger partial charge in [-0.15, -0.1) is 11.3 Å². The van der Waals surface area contributed by atoms with Crippen molar-refractivity contribution in [3.8, 4) is 5.75 Å². The first kappa shape index (κ1) is 19.8. The minimum atomic E-state index is -3.67. The van der Waals surface area contributed by atoms with E-state index >= 15 is 0 Å². The standard InChI is InChI=1S/C18H23N3O4S2/c1-4-25-15-8-7-14(20-18(22)17-12(2)19-13(3)26-17)11-16(15)27(23,24)21-9-5-6-10-21/h7-8,11H,4-6,9-10H2,1-3H3,(H,20,22). The second-order valence-corrected chi connectivity index (χ2v) is 9.42. The highest BCUT2D eigenvalue weighted by Crippen LogP contribution is 2.32. The number of hydrogen-bond acceptors (Lipinski definition) is 6. The van der Waals surface area contributed by atoms with E-state index in [4.69, 9.17) is 4.74 Å². The van der Waals surface area contributed by atoms with Gasteiger partial charge in [-0.3, -0.25) is 4.79 Å². The number of carbonyl (C=O) groups excluding carboxylic acids is 1. The van der Waals surface area contributed by atoms with Gasteiger partial charge in [0.25, 0.3) is 5.91 Å². The maximum Gasteiger partial charge on any atom is 0.267 e. The number of rotatable bonds is 6. The van der Waals surface area contributed by atoms with Gasteiger partial charge in [-0.05, 0) is 51.8 Å². The summed E-state index contributed by atoms with van der Waals surface area (Å²) in [5.41, 5.74) is 1.07. The summed E-state index contributed by atoms with van der Waals surface area (Å²) in [5, 5.41) is 3.58. The maximum absolute atomic E-state index is 13.0. The number of anilines is 1. The average molecular weight is 410 g/mol. The van der Waals surface area contributed by atoms with Gasteiger partial charge in [-0.1, -0.05) is 0 Å². The fourth-order valence-corrected chi connectivity index (χ4v) is 5.55. The number of hydrogen-bond donors (Lipinski definition) is 1. The van der Waals surface area contributed by atoms with Gasteiger partial charge in [0.05, 0.1) is 17.3 Å². The van der Waals surface area contributed by atoms with Gasteiger partial charge >= 0.3 is 0 Å². The van der Waals surface area contributed by atoms with Crippen molar-refractivity contribution >= 4 is 33.0 Å². The third kappa shape index (κ3) is 4.15. The molecule has 9 heteroatoms. The normalized spacial score (nSPS) is 15.1. The van der Waals surface area contributed by atoms with Gasteiger partial charge in [0.15, 0.2) is 0 Å². The zero-order chi connectivity index (χ0) is 19.6. The van der Waals surface area contributed by atoms with E-state index in [-0.39, 0.29) is 10.8 Å². The Hall–Kier alpha value is -1.97. The molecule has 1 aromatic carbocycles. The molecule has 1 aliphatic rings. The van der Waals surface area contributed by atoms with Gasteiger partial charge in [-0.25, -0.2) is 13.4 Å². The smallest absolute Gasteiger partial charge is 0.267 e. The first-order chi connectivity index (χ1) is 12.8. The van der Waals surface area contributed by atoms with Crippen LogP contribution in [0.25, 0.3) is 0 Å². The summed E-state index contributed by atoms with van der Waals surface area (Å²) in [6.07, 6.45) is 1.70. The van der Waals surface area contributed by atoms with Crippen molar-refractivity contribution in [2.75, 3.05) is 25.0 Å². The zero-order valence-corrected chi connectivity index (χ0v) is 17.2. The summed E-state index contributed by atoms with van der Waals surface area (Å²) >= 11 is 1.31. The Morgan fingerprint density at radius 3 is 2.59 bits per heavy atom. The number of benzene rings is 1. The number of sulfonamides is 1. The Bertz CT molecular complexity index is 948. The zero-order valence-electron chi connectivity index (χ0n) is 15.6. The van der Waals surface area contributed by atoms with E-state index in [1.54, 1.807) is 26.0 Å². The van der Waals surface area contributed by atoms with Crippen molar-refractivity contribution in [2.24, 2.45) is 0 Å². The average Bonchev–Trinajstić information content (AvgIpc) is 3.26. The van der Waals surface area contributed by atoms with Gasteiger partial charge < -0.3 is 10.1 Å². The number of amides is 1. The summed E-state index contributed by atoms with van der Waals surface area (Å²) in [7, 11) is -3.67. The number of thiazole rings is 1. The molecule has 0 bridgehead atoms. The number of carbonyl (C=O) groups is 1. The predicted octanol–water partition coefficient (Wildman–Crippen LogP) is 3.20. The molecular formula is C18H23N3O4S2. The predicted molar refractivity (Wildman–Crippen MR) is 105 cm³/mol. The van der Waals surface area contributed by atoms with Crippen LogP contribution in [0.5, 0.6) is 5.75 Å². The second-order valence-electron chi connectivity index (χ2n) is 6.31. The van der Waals surface area contributed by atoms with E-state index in [9.17, 15) is 13.2 Å². The Balaban J connectivity index is 1.93. The lowest BCUT2D eigenvalue weighted by Crippen LogP contribution is -2.28. The highest BCUT2D eigenvalue weighted by molar-refractivity contribution is 7.89. The van der Waals surface area contributed by atoms with Crippen molar-refractivity contribution in [2.45, 2.75) is 38.5 Å². The van der Waals surface area contributed by atoms with Crippen LogP contribution in [-0.2, 0) is 10.0 Å².